The number of anilines is 3. The molecule has 0 saturated carbocycles. The fourth-order valence-electron chi connectivity index (χ4n) is 6.68. The molecule has 0 atom stereocenters. The van der Waals surface area contributed by atoms with Crippen LogP contribution in [0.3, 0.4) is 0 Å². The van der Waals surface area contributed by atoms with Gasteiger partial charge in [-0.25, -0.2) is 4.99 Å². The molecule has 8 aromatic rings. The number of nitrogens with zero attached hydrogens (tertiary/aromatic N) is 3. The molecule has 4 heteroatoms. The van der Waals surface area contributed by atoms with Gasteiger partial charge in [0.05, 0.1) is 6.54 Å². The lowest BCUT2D eigenvalue weighted by Gasteiger charge is -2.27. The molecule has 1 aliphatic rings. The predicted molar refractivity (Wildman–Crippen MR) is 204 cm³/mol. The molecule has 0 N–H and O–H groups in total. The summed E-state index contributed by atoms with van der Waals surface area (Å²) in [4.78, 5) is 12.3. The summed E-state index contributed by atoms with van der Waals surface area (Å²) in [6, 6.07) is 59.6. The second-order valence-electron chi connectivity index (χ2n) is 12.3. The van der Waals surface area contributed by atoms with E-state index in [-0.39, 0.29) is 0 Å². The first-order chi connectivity index (χ1) is 24.2. The van der Waals surface area contributed by atoms with Crippen LogP contribution < -0.4 is 4.90 Å². The summed E-state index contributed by atoms with van der Waals surface area (Å²) in [6.45, 7) is 0.513. The molecule has 2 heterocycles. The smallest absolute Gasteiger partial charge is 0.154 e. The molecule has 4 nitrogen and oxygen atoms in total. The van der Waals surface area contributed by atoms with Gasteiger partial charge in [-0.1, -0.05) is 109 Å². The summed E-state index contributed by atoms with van der Waals surface area (Å²) >= 11 is 0. The molecule has 1 aliphatic heterocycles. The van der Waals surface area contributed by atoms with Crippen LogP contribution in [0.25, 0.3) is 44.2 Å². The molecule has 0 fully saturated rings. The Bertz CT molecular complexity index is 2540. The standard InChI is InChI=1S/C45H31N3O/c1-2-10-31(11-3-1)29-46-45-37-17-7-14-34(25-37)36-16-9-19-39(27-36)48(40-22-23-44-42(28-40)41-20-4-5-21-43(41)49-44)38-18-8-15-35(26-38)33-13-6-12-32(24-33)30-47-45/h1-29H,30H2/b46-29+,47-45-. The monoisotopic (exact) mass is 629 g/mol. The molecule has 232 valence electrons. The summed E-state index contributed by atoms with van der Waals surface area (Å²) in [6.07, 6.45) is 1.89. The number of fused-ring (bicyclic) bond motifs is 13. The van der Waals surface area contributed by atoms with E-state index < -0.39 is 0 Å². The van der Waals surface area contributed by atoms with Crippen LogP contribution in [0.4, 0.5) is 17.1 Å². The van der Waals surface area contributed by atoms with Crippen molar-refractivity contribution in [1.29, 1.82) is 0 Å². The van der Waals surface area contributed by atoms with E-state index in [1.54, 1.807) is 0 Å². The van der Waals surface area contributed by atoms with Gasteiger partial charge in [0, 0.05) is 39.6 Å². The zero-order valence-corrected chi connectivity index (χ0v) is 26.7. The summed E-state index contributed by atoms with van der Waals surface area (Å²) in [5, 5.41) is 2.20. The van der Waals surface area contributed by atoms with Gasteiger partial charge < -0.3 is 9.32 Å². The van der Waals surface area contributed by atoms with Crippen molar-refractivity contribution < 1.29 is 4.42 Å². The molecule has 0 amide bonds. The Balaban J connectivity index is 1.25. The van der Waals surface area contributed by atoms with E-state index in [2.05, 4.69) is 144 Å². The molecule has 49 heavy (non-hydrogen) atoms. The zero-order chi connectivity index (χ0) is 32.6. The number of furan rings is 1. The number of hydrogen-bond acceptors (Lipinski definition) is 4. The Labute approximate surface area is 285 Å². The van der Waals surface area contributed by atoms with Gasteiger partial charge in [0.15, 0.2) is 5.84 Å². The Morgan fingerprint density at radius 1 is 0.490 bits per heavy atom. The van der Waals surface area contributed by atoms with Crippen LogP contribution >= 0.6 is 0 Å². The lowest BCUT2D eigenvalue weighted by Crippen LogP contribution is -2.10. The van der Waals surface area contributed by atoms with Gasteiger partial charge in [0.25, 0.3) is 0 Å². The zero-order valence-electron chi connectivity index (χ0n) is 26.7. The van der Waals surface area contributed by atoms with E-state index >= 15 is 0 Å². The molecule has 0 radical (unpaired) electrons. The number of benzene rings is 7. The van der Waals surface area contributed by atoms with Gasteiger partial charge in [-0.3, -0.25) is 4.99 Å². The molecule has 7 aromatic carbocycles. The van der Waals surface area contributed by atoms with E-state index in [1.807, 2.05) is 36.5 Å². The van der Waals surface area contributed by atoms with Crippen LogP contribution in [0, 0.1) is 0 Å². The van der Waals surface area contributed by atoms with Crippen molar-refractivity contribution in [2.24, 2.45) is 9.98 Å². The van der Waals surface area contributed by atoms with Crippen LogP contribution in [-0.4, -0.2) is 12.1 Å². The highest BCUT2D eigenvalue weighted by Gasteiger charge is 2.17. The van der Waals surface area contributed by atoms with Crippen LogP contribution in [0.1, 0.15) is 16.7 Å². The molecule has 8 bridgehead atoms. The van der Waals surface area contributed by atoms with Crippen LogP contribution in [0.2, 0.25) is 0 Å². The van der Waals surface area contributed by atoms with Crippen molar-refractivity contribution in [3.05, 3.63) is 187 Å². The fourth-order valence-corrected chi connectivity index (χ4v) is 6.68. The maximum Gasteiger partial charge on any atom is 0.154 e. The minimum atomic E-state index is 0.513. The van der Waals surface area contributed by atoms with Crippen molar-refractivity contribution in [3.8, 4) is 22.3 Å². The van der Waals surface area contributed by atoms with Crippen molar-refractivity contribution in [1.82, 2.24) is 0 Å². The van der Waals surface area contributed by atoms with E-state index in [9.17, 15) is 0 Å². The van der Waals surface area contributed by atoms with Gasteiger partial charge in [-0.15, -0.1) is 0 Å². The van der Waals surface area contributed by atoms with Crippen LogP contribution in [0.15, 0.2) is 184 Å². The quantitative estimate of drug-likeness (QED) is 0.179. The maximum absolute atomic E-state index is 6.20. The molecular weight excluding hydrogens is 599 g/mol. The number of hydrogen-bond donors (Lipinski definition) is 0. The minimum absolute atomic E-state index is 0.513. The minimum Gasteiger partial charge on any atom is -0.456 e. The Morgan fingerprint density at radius 2 is 1.10 bits per heavy atom. The summed E-state index contributed by atoms with van der Waals surface area (Å²) in [5.41, 5.74) is 12.6. The third kappa shape index (κ3) is 5.60. The Morgan fingerprint density at radius 3 is 1.90 bits per heavy atom. The first-order valence-corrected chi connectivity index (χ1v) is 16.5. The van der Waals surface area contributed by atoms with E-state index in [1.165, 1.54) is 0 Å². The molecule has 1 aromatic heterocycles. The molecule has 0 spiro atoms. The van der Waals surface area contributed by atoms with Gasteiger partial charge in [-0.05, 0) is 94.0 Å². The van der Waals surface area contributed by atoms with Gasteiger partial charge in [-0.2, -0.15) is 0 Å². The first kappa shape index (κ1) is 28.7. The third-order valence-electron chi connectivity index (χ3n) is 9.09. The number of para-hydroxylation sites is 1. The predicted octanol–water partition coefficient (Wildman–Crippen LogP) is 11.8. The van der Waals surface area contributed by atoms with Crippen molar-refractivity contribution >= 4 is 51.1 Å². The van der Waals surface area contributed by atoms with Gasteiger partial charge in [0.2, 0.25) is 0 Å². The summed E-state index contributed by atoms with van der Waals surface area (Å²) in [7, 11) is 0. The first-order valence-electron chi connectivity index (χ1n) is 16.5. The third-order valence-corrected chi connectivity index (χ3v) is 9.09. The topological polar surface area (TPSA) is 41.1 Å². The number of amidine groups is 1. The molecule has 9 rings (SSSR count). The largest absolute Gasteiger partial charge is 0.456 e. The van der Waals surface area contributed by atoms with Crippen molar-refractivity contribution in [2.75, 3.05) is 4.90 Å². The van der Waals surface area contributed by atoms with Gasteiger partial charge in [0.1, 0.15) is 11.2 Å². The number of rotatable bonds is 2. The van der Waals surface area contributed by atoms with Gasteiger partial charge >= 0.3 is 0 Å². The average molecular weight is 630 g/mol. The maximum atomic E-state index is 6.20. The van der Waals surface area contributed by atoms with E-state index in [0.717, 1.165) is 77.9 Å². The highest BCUT2D eigenvalue weighted by Crippen LogP contribution is 2.41. The highest BCUT2D eigenvalue weighted by atomic mass is 16.3. The Hall–Kier alpha value is -6.52. The number of aliphatic imine (C=N–C) groups is 2. The van der Waals surface area contributed by atoms with E-state index in [0.29, 0.717) is 12.4 Å². The molecule has 0 unspecified atom stereocenters. The highest BCUT2D eigenvalue weighted by molar-refractivity contribution is 6.07. The molecular formula is C45H31N3O. The fraction of sp³-hybridized carbons (Fsp3) is 0.0222. The van der Waals surface area contributed by atoms with Crippen LogP contribution in [0.5, 0.6) is 0 Å². The lowest BCUT2D eigenvalue weighted by atomic mass is 10.00. The molecule has 0 saturated heterocycles. The van der Waals surface area contributed by atoms with Crippen LogP contribution in [-0.2, 0) is 6.54 Å². The SMILES string of the molecule is C(=N\C1=N/Cc2cccc(c2)-c2cccc(c2)N(c2ccc3oc4ccccc4c3c2)c2cccc(c2)-c2cccc1c2)/c1ccccc1. The summed E-state index contributed by atoms with van der Waals surface area (Å²) < 4.78 is 6.20. The van der Waals surface area contributed by atoms with Crippen molar-refractivity contribution in [3.63, 3.8) is 0 Å². The lowest BCUT2D eigenvalue weighted by molar-refractivity contribution is 0.669. The normalized spacial score (nSPS) is 13.9. The average Bonchev–Trinajstić information content (AvgIpc) is 3.54. The second-order valence-corrected chi connectivity index (χ2v) is 12.3. The summed E-state index contributed by atoms with van der Waals surface area (Å²) in [5.74, 6) is 0.698. The second kappa shape index (κ2) is 12.3. The van der Waals surface area contributed by atoms with Crippen molar-refractivity contribution in [2.45, 2.75) is 6.54 Å². The Kier molecular flexibility index (Phi) is 7.17. The molecule has 0 aliphatic carbocycles. The van der Waals surface area contributed by atoms with E-state index in [4.69, 9.17) is 14.4 Å².